The molecule has 0 fully saturated rings. The zero-order chi connectivity index (χ0) is 11.5. The number of carboxylic acids is 1. The quantitative estimate of drug-likeness (QED) is 0.847. The summed E-state index contributed by atoms with van der Waals surface area (Å²) in [6.45, 7) is 2.00. The number of nitrogens with one attached hydrogen (secondary N) is 1. The first-order valence-corrected chi connectivity index (χ1v) is 5.48. The van der Waals surface area contributed by atoms with Crippen molar-refractivity contribution in [2.24, 2.45) is 0 Å². The number of fused-ring (bicyclic) bond motifs is 1. The summed E-state index contributed by atoms with van der Waals surface area (Å²) in [5, 5.41) is 11.8. The molecule has 1 N–H and O–H groups in total. The van der Waals surface area contributed by atoms with Gasteiger partial charge in [-0.15, -0.1) is 0 Å². The molecule has 3 nitrogen and oxygen atoms in total. The Labute approximate surface area is 94.1 Å². The van der Waals surface area contributed by atoms with Crippen molar-refractivity contribution in [2.75, 3.05) is 0 Å². The lowest BCUT2D eigenvalue weighted by atomic mass is 9.93. The monoisotopic (exact) mass is 216 g/mol. The maximum absolute atomic E-state index is 10.7. The molecule has 1 atom stereocenters. The lowest BCUT2D eigenvalue weighted by Gasteiger charge is -2.14. The number of aliphatic carboxylic acids is 1. The number of para-hydroxylation sites is 1. The van der Waals surface area contributed by atoms with Gasteiger partial charge in [-0.25, -0.2) is 0 Å². The van der Waals surface area contributed by atoms with Gasteiger partial charge in [-0.3, -0.25) is 0 Å². The molecule has 0 bridgehead atoms. The molecule has 3 heteroatoms. The Balaban J connectivity index is 2.41. The van der Waals surface area contributed by atoms with Crippen LogP contribution < -0.4 is 5.11 Å². The highest BCUT2D eigenvalue weighted by Gasteiger charge is 2.13. The summed E-state index contributed by atoms with van der Waals surface area (Å²) in [5.41, 5.74) is 2.12. The van der Waals surface area contributed by atoms with Crippen molar-refractivity contribution in [3.8, 4) is 0 Å². The van der Waals surface area contributed by atoms with E-state index in [4.69, 9.17) is 0 Å². The number of hydrogen-bond acceptors (Lipinski definition) is 2. The van der Waals surface area contributed by atoms with E-state index in [1.807, 2.05) is 37.4 Å². The largest absolute Gasteiger partial charge is 0.550 e. The van der Waals surface area contributed by atoms with Gasteiger partial charge in [0.05, 0.1) is 0 Å². The lowest BCUT2D eigenvalue weighted by Crippen LogP contribution is -2.24. The Morgan fingerprint density at radius 2 is 2.19 bits per heavy atom. The fourth-order valence-corrected chi connectivity index (χ4v) is 2.11. The third-order valence-corrected chi connectivity index (χ3v) is 2.97. The van der Waals surface area contributed by atoms with E-state index in [2.05, 4.69) is 4.98 Å². The predicted octanol–water partition coefficient (Wildman–Crippen LogP) is 1.80. The summed E-state index contributed by atoms with van der Waals surface area (Å²) in [5.74, 6) is -0.960. The summed E-state index contributed by atoms with van der Waals surface area (Å²) < 4.78 is 0. The average molecular weight is 216 g/mol. The fourth-order valence-electron chi connectivity index (χ4n) is 2.11. The molecule has 1 aromatic carbocycles. The molecule has 0 radical (unpaired) electrons. The van der Waals surface area contributed by atoms with Crippen LogP contribution in [0.5, 0.6) is 0 Å². The molecule has 1 aromatic heterocycles. The van der Waals surface area contributed by atoms with Crippen molar-refractivity contribution in [3.63, 3.8) is 0 Å². The zero-order valence-corrected chi connectivity index (χ0v) is 9.19. The van der Waals surface area contributed by atoms with Crippen molar-refractivity contribution in [2.45, 2.75) is 25.7 Å². The van der Waals surface area contributed by atoms with Crippen LogP contribution in [-0.4, -0.2) is 11.0 Å². The van der Waals surface area contributed by atoms with Crippen LogP contribution in [0.3, 0.4) is 0 Å². The second kappa shape index (κ2) is 4.39. The van der Waals surface area contributed by atoms with Crippen LogP contribution in [0.1, 0.15) is 31.2 Å². The van der Waals surface area contributed by atoms with Crippen molar-refractivity contribution in [1.29, 1.82) is 0 Å². The topological polar surface area (TPSA) is 55.9 Å². The molecule has 1 heterocycles. The molecule has 0 saturated carbocycles. The average Bonchev–Trinajstić information content (AvgIpc) is 2.69. The number of aromatic nitrogens is 1. The van der Waals surface area contributed by atoms with Gasteiger partial charge < -0.3 is 14.9 Å². The van der Waals surface area contributed by atoms with E-state index in [-0.39, 0.29) is 12.3 Å². The maximum atomic E-state index is 10.7. The van der Waals surface area contributed by atoms with Gasteiger partial charge in [-0.05, 0) is 30.4 Å². The predicted molar refractivity (Wildman–Crippen MR) is 61.0 cm³/mol. The fraction of sp³-hybridized carbons (Fsp3) is 0.308. The first-order chi connectivity index (χ1) is 7.72. The molecule has 84 valence electrons. The molecule has 0 aliphatic carbocycles. The minimum atomic E-state index is -0.989. The van der Waals surface area contributed by atoms with Crippen LogP contribution in [0.4, 0.5) is 0 Å². The first-order valence-electron chi connectivity index (χ1n) is 5.48. The number of carboxylic acid groups (broad SMARTS) is 1. The van der Waals surface area contributed by atoms with Gasteiger partial charge in [-0.2, -0.15) is 0 Å². The highest BCUT2D eigenvalue weighted by atomic mass is 16.4. The number of aromatic amines is 1. The number of hydrogen-bond donors (Lipinski definition) is 1. The van der Waals surface area contributed by atoms with Crippen LogP contribution in [0.2, 0.25) is 0 Å². The Morgan fingerprint density at radius 3 is 2.88 bits per heavy atom. The van der Waals surface area contributed by atoms with Gasteiger partial charge in [-0.1, -0.05) is 25.1 Å². The van der Waals surface area contributed by atoms with Crippen molar-refractivity contribution in [1.82, 2.24) is 4.98 Å². The molecule has 0 aliphatic rings. The molecule has 0 amide bonds. The number of benzene rings is 1. The maximum Gasteiger partial charge on any atom is 0.0456 e. The van der Waals surface area contributed by atoms with Crippen LogP contribution in [0, 0.1) is 0 Å². The van der Waals surface area contributed by atoms with Gasteiger partial charge in [0, 0.05) is 23.1 Å². The lowest BCUT2D eigenvalue weighted by molar-refractivity contribution is -0.306. The molecule has 16 heavy (non-hydrogen) atoms. The van der Waals surface area contributed by atoms with Gasteiger partial charge in [0.25, 0.3) is 0 Å². The molecule has 0 aliphatic heterocycles. The summed E-state index contributed by atoms with van der Waals surface area (Å²) in [6.07, 6.45) is 2.79. The van der Waals surface area contributed by atoms with Crippen LogP contribution in [0.25, 0.3) is 10.9 Å². The van der Waals surface area contributed by atoms with Crippen LogP contribution in [0.15, 0.2) is 30.5 Å². The molecule has 0 spiro atoms. The second-order valence-electron chi connectivity index (χ2n) is 3.97. The van der Waals surface area contributed by atoms with Crippen LogP contribution >= 0.6 is 0 Å². The minimum Gasteiger partial charge on any atom is -0.550 e. The second-order valence-corrected chi connectivity index (χ2v) is 3.97. The Kier molecular flexibility index (Phi) is 2.95. The number of rotatable bonds is 4. The van der Waals surface area contributed by atoms with Gasteiger partial charge in [0.15, 0.2) is 0 Å². The van der Waals surface area contributed by atoms with E-state index in [0.717, 1.165) is 22.9 Å². The van der Waals surface area contributed by atoms with Gasteiger partial charge in [0.1, 0.15) is 0 Å². The van der Waals surface area contributed by atoms with Crippen molar-refractivity contribution >= 4 is 16.9 Å². The van der Waals surface area contributed by atoms with Crippen molar-refractivity contribution < 1.29 is 9.90 Å². The van der Waals surface area contributed by atoms with E-state index >= 15 is 0 Å². The molecule has 0 saturated heterocycles. The Morgan fingerprint density at radius 1 is 1.44 bits per heavy atom. The molecular formula is C13H14NO2-. The summed E-state index contributed by atoms with van der Waals surface area (Å²) in [4.78, 5) is 13.8. The SMILES string of the molecule is CC[C@H](CC(=O)[O-])c1c[nH]c2ccccc12. The van der Waals surface area contributed by atoms with Gasteiger partial charge >= 0.3 is 0 Å². The van der Waals surface area contributed by atoms with E-state index in [0.29, 0.717) is 0 Å². The van der Waals surface area contributed by atoms with Crippen LogP contribution in [-0.2, 0) is 4.79 Å². The van der Waals surface area contributed by atoms with E-state index in [1.165, 1.54) is 0 Å². The number of carbonyl (C=O) groups excluding carboxylic acids is 1. The number of carbonyl (C=O) groups is 1. The van der Waals surface area contributed by atoms with E-state index in [1.54, 1.807) is 0 Å². The third kappa shape index (κ3) is 1.94. The third-order valence-electron chi connectivity index (χ3n) is 2.97. The van der Waals surface area contributed by atoms with E-state index < -0.39 is 5.97 Å². The summed E-state index contributed by atoms with van der Waals surface area (Å²) >= 11 is 0. The highest BCUT2D eigenvalue weighted by molar-refractivity contribution is 5.84. The van der Waals surface area contributed by atoms with E-state index in [9.17, 15) is 9.90 Å². The molecule has 2 rings (SSSR count). The normalized spacial score (nSPS) is 12.8. The van der Waals surface area contributed by atoms with Gasteiger partial charge in [0.2, 0.25) is 0 Å². The summed E-state index contributed by atoms with van der Waals surface area (Å²) in [7, 11) is 0. The molecule has 0 unspecified atom stereocenters. The molecular weight excluding hydrogens is 202 g/mol. The Bertz CT molecular complexity index is 501. The summed E-state index contributed by atoms with van der Waals surface area (Å²) in [6, 6.07) is 7.93. The smallest absolute Gasteiger partial charge is 0.0456 e. The standard InChI is InChI=1S/C13H15NO2/c1-2-9(7-13(15)16)11-8-14-12-6-4-3-5-10(11)12/h3-6,8-9,14H,2,7H2,1H3,(H,15,16)/p-1/t9-/m1/s1. The Hall–Kier alpha value is -1.77. The highest BCUT2D eigenvalue weighted by Crippen LogP contribution is 2.29. The first kappa shape index (κ1) is 10.7. The zero-order valence-electron chi connectivity index (χ0n) is 9.19. The van der Waals surface area contributed by atoms with Crippen molar-refractivity contribution in [3.05, 3.63) is 36.0 Å². The number of H-pyrrole nitrogens is 1. The minimum absolute atomic E-state index is 0.0288. The molecule has 2 aromatic rings.